The van der Waals surface area contributed by atoms with Crippen molar-refractivity contribution >= 4 is 11.6 Å². The summed E-state index contributed by atoms with van der Waals surface area (Å²) in [7, 11) is 3.13. The summed E-state index contributed by atoms with van der Waals surface area (Å²) >= 11 is 0. The molecule has 1 N–H and O–H groups in total. The largest absolute Gasteiger partial charge is 0.490 e. The molecular weight excluding hydrogens is 298 g/mol. The number of benzene rings is 1. The summed E-state index contributed by atoms with van der Waals surface area (Å²) in [5.41, 5.74) is 0.125. The summed E-state index contributed by atoms with van der Waals surface area (Å²) in [6, 6.07) is 4.77. The molecule has 0 bridgehead atoms. The summed E-state index contributed by atoms with van der Waals surface area (Å²) in [6.07, 6.45) is 2.55. The van der Waals surface area contributed by atoms with E-state index in [1.54, 1.807) is 24.1 Å². The van der Waals surface area contributed by atoms with Crippen molar-refractivity contribution in [1.29, 1.82) is 0 Å². The number of hydrogen-bond acceptors (Lipinski definition) is 5. The standard InChI is InChI=1S/C16H23N3O4/c1-4-16(8-5-9-17-16)15(20)18(2)11-12-6-7-14(23-3)13(10-12)19(21)22/h6-7,10,17H,4-5,8-9,11H2,1-3H3/t16-/m0/s1. The van der Waals surface area contributed by atoms with Gasteiger partial charge >= 0.3 is 5.69 Å². The molecule has 0 spiro atoms. The van der Waals surface area contributed by atoms with E-state index in [4.69, 9.17) is 4.74 Å². The predicted octanol–water partition coefficient (Wildman–Crippen LogP) is 2.09. The van der Waals surface area contributed by atoms with E-state index in [0.29, 0.717) is 12.1 Å². The number of hydrogen-bond donors (Lipinski definition) is 1. The molecule has 7 nitrogen and oxygen atoms in total. The number of likely N-dealkylation sites (N-methyl/N-ethyl adjacent to an activating group) is 1. The average molecular weight is 321 g/mol. The van der Waals surface area contributed by atoms with Gasteiger partial charge in [0.15, 0.2) is 5.75 Å². The van der Waals surface area contributed by atoms with Crippen LogP contribution in [-0.2, 0) is 11.3 Å². The van der Waals surface area contributed by atoms with Crippen molar-refractivity contribution in [2.24, 2.45) is 0 Å². The van der Waals surface area contributed by atoms with Crippen molar-refractivity contribution in [1.82, 2.24) is 10.2 Å². The lowest BCUT2D eigenvalue weighted by Crippen LogP contribution is -2.53. The van der Waals surface area contributed by atoms with Crippen LogP contribution in [0.2, 0.25) is 0 Å². The highest BCUT2D eigenvalue weighted by Gasteiger charge is 2.40. The molecule has 1 saturated heterocycles. The Labute approximate surface area is 135 Å². The van der Waals surface area contributed by atoms with E-state index in [1.807, 2.05) is 6.92 Å². The van der Waals surface area contributed by atoms with Crippen LogP contribution in [-0.4, -0.2) is 42.0 Å². The number of nitro groups is 1. The minimum Gasteiger partial charge on any atom is -0.490 e. The number of nitro benzene ring substituents is 1. The van der Waals surface area contributed by atoms with Crippen LogP contribution in [0, 0.1) is 10.1 Å². The third-order valence-corrected chi connectivity index (χ3v) is 4.46. The summed E-state index contributed by atoms with van der Waals surface area (Å²) in [6.45, 7) is 3.18. The summed E-state index contributed by atoms with van der Waals surface area (Å²) < 4.78 is 5.00. The van der Waals surface area contributed by atoms with Crippen molar-refractivity contribution < 1.29 is 14.5 Å². The molecule has 1 aromatic rings. The Bertz CT molecular complexity index is 597. The van der Waals surface area contributed by atoms with E-state index in [9.17, 15) is 14.9 Å². The molecule has 0 radical (unpaired) electrons. The minimum atomic E-state index is -0.493. The summed E-state index contributed by atoms with van der Waals surface area (Å²) in [5, 5.41) is 14.4. The molecule has 1 atom stereocenters. The van der Waals surface area contributed by atoms with Crippen molar-refractivity contribution in [3.05, 3.63) is 33.9 Å². The zero-order chi connectivity index (χ0) is 17.0. The number of carbonyl (C=O) groups is 1. The van der Waals surface area contributed by atoms with Crippen LogP contribution >= 0.6 is 0 Å². The second-order valence-corrected chi connectivity index (χ2v) is 5.89. The van der Waals surface area contributed by atoms with E-state index >= 15 is 0 Å². The first-order chi connectivity index (χ1) is 10.9. The van der Waals surface area contributed by atoms with Crippen LogP contribution in [0.3, 0.4) is 0 Å². The van der Waals surface area contributed by atoms with Gasteiger partial charge < -0.3 is 15.0 Å². The van der Waals surface area contributed by atoms with Gasteiger partial charge in [0.2, 0.25) is 5.91 Å². The third kappa shape index (κ3) is 3.44. The van der Waals surface area contributed by atoms with Crippen molar-refractivity contribution in [3.8, 4) is 5.75 Å². The first-order valence-corrected chi connectivity index (χ1v) is 7.75. The molecule has 2 rings (SSSR count). The SMILES string of the molecule is CC[C@@]1(C(=O)N(C)Cc2ccc(OC)c([N+](=O)[O-])c2)CCCN1. The van der Waals surface area contributed by atoms with Gasteiger partial charge in [-0.1, -0.05) is 13.0 Å². The first kappa shape index (κ1) is 17.2. The van der Waals surface area contributed by atoms with E-state index in [0.717, 1.165) is 25.8 Å². The summed E-state index contributed by atoms with van der Waals surface area (Å²) in [5.74, 6) is 0.256. The van der Waals surface area contributed by atoms with Gasteiger partial charge in [-0.15, -0.1) is 0 Å². The van der Waals surface area contributed by atoms with Crippen LogP contribution in [0.5, 0.6) is 5.75 Å². The fourth-order valence-electron chi connectivity index (χ4n) is 3.13. The second-order valence-electron chi connectivity index (χ2n) is 5.89. The number of methoxy groups -OCH3 is 1. The van der Waals surface area contributed by atoms with Crippen LogP contribution in [0.15, 0.2) is 18.2 Å². The third-order valence-electron chi connectivity index (χ3n) is 4.46. The maximum Gasteiger partial charge on any atom is 0.311 e. The predicted molar refractivity (Wildman–Crippen MR) is 86.4 cm³/mol. The number of nitrogens with one attached hydrogen (secondary N) is 1. The molecule has 1 amide bonds. The molecule has 0 saturated carbocycles. The molecule has 23 heavy (non-hydrogen) atoms. The molecule has 1 aliphatic rings. The molecule has 1 aliphatic heterocycles. The van der Waals surface area contributed by atoms with Crippen LogP contribution < -0.4 is 10.1 Å². The van der Waals surface area contributed by atoms with Gasteiger partial charge in [-0.05, 0) is 37.4 Å². The number of ether oxygens (including phenoxy) is 1. The van der Waals surface area contributed by atoms with Gasteiger partial charge in [-0.3, -0.25) is 14.9 Å². The van der Waals surface area contributed by atoms with Crippen molar-refractivity contribution in [2.75, 3.05) is 20.7 Å². The topological polar surface area (TPSA) is 84.7 Å². The van der Waals surface area contributed by atoms with Gasteiger partial charge in [0.25, 0.3) is 0 Å². The Morgan fingerprint density at radius 3 is 2.78 bits per heavy atom. The van der Waals surface area contributed by atoms with E-state index in [1.165, 1.54) is 13.2 Å². The highest BCUT2D eigenvalue weighted by Crippen LogP contribution is 2.29. The maximum absolute atomic E-state index is 12.7. The quantitative estimate of drug-likeness (QED) is 0.640. The molecule has 7 heteroatoms. The Kier molecular flexibility index (Phi) is 5.20. The van der Waals surface area contributed by atoms with E-state index in [2.05, 4.69) is 5.32 Å². The fourth-order valence-corrected chi connectivity index (χ4v) is 3.13. The lowest BCUT2D eigenvalue weighted by Gasteiger charge is -2.31. The minimum absolute atomic E-state index is 0.0379. The second kappa shape index (κ2) is 6.95. The van der Waals surface area contributed by atoms with Crippen molar-refractivity contribution in [3.63, 3.8) is 0 Å². The monoisotopic (exact) mass is 321 g/mol. The molecule has 1 heterocycles. The Hall–Kier alpha value is -2.15. The smallest absolute Gasteiger partial charge is 0.311 e. The average Bonchev–Trinajstić information content (AvgIpc) is 3.04. The zero-order valence-corrected chi connectivity index (χ0v) is 13.8. The Balaban J connectivity index is 2.16. The molecular formula is C16H23N3O4. The highest BCUT2D eigenvalue weighted by atomic mass is 16.6. The number of carbonyl (C=O) groups excluding carboxylic acids is 1. The molecule has 1 fully saturated rings. The first-order valence-electron chi connectivity index (χ1n) is 7.75. The maximum atomic E-state index is 12.7. The lowest BCUT2D eigenvalue weighted by atomic mass is 9.92. The van der Waals surface area contributed by atoms with Gasteiger partial charge in [-0.2, -0.15) is 0 Å². The molecule has 0 aromatic heterocycles. The summed E-state index contributed by atoms with van der Waals surface area (Å²) in [4.78, 5) is 25.0. The van der Waals surface area contributed by atoms with Crippen LogP contribution in [0.25, 0.3) is 0 Å². The number of amides is 1. The van der Waals surface area contributed by atoms with E-state index < -0.39 is 10.5 Å². The van der Waals surface area contributed by atoms with Gasteiger partial charge in [0.05, 0.1) is 17.6 Å². The molecule has 126 valence electrons. The van der Waals surface area contributed by atoms with E-state index in [-0.39, 0.29) is 17.3 Å². The zero-order valence-electron chi connectivity index (χ0n) is 13.8. The number of nitrogens with zero attached hydrogens (tertiary/aromatic N) is 2. The fraction of sp³-hybridized carbons (Fsp3) is 0.562. The number of rotatable bonds is 6. The van der Waals surface area contributed by atoms with Crippen molar-refractivity contribution in [2.45, 2.75) is 38.3 Å². The van der Waals surface area contributed by atoms with Crippen LogP contribution in [0.4, 0.5) is 5.69 Å². The van der Waals surface area contributed by atoms with Crippen LogP contribution in [0.1, 0.15) is 31.7 Å². The van der Waals surface area contributed by atoms with Gasteiger partial charge in [-0.25, -0.2) is 0 Å². The molecule has 0 unspecified atom stereocenters. The molecule has 1 aromatic carbocycles. The lowest BCUT2D eigenvalue weighted by molar-refractivity contribution is -0.385. The Morgan fingerprint density at radius 2 is 2.26 bits per heavy atom. The normalized spacial score (nSPS) is 20.3. The highest BCUT2D eigenvalue weighted by molar-refractivity contribution is 5.86. The molecule has 0 aliphatic carbocycles. The van der Waals surface area contributed by atoms with Gasteiger partial charge in [0, 0.05) is 19.7 Å². The Morgan fingerprint density at radius 1 is 1.52 bits per heavy atom. The van der Waals surface area contributed by atoms with Gasteiger partial charge in [0.1, 0.15) is 0 Å².